The Morgan fingerprint density at radius 3 is 2.64 bits per heavy atom. The van der Waals surface area contributed by atoms with Gasteiger partial charge in [0.1, 0.15) is 41.8 Å². The maximum absolute atomic E-state index is 6.34. The molecule has 0 N–H and O–H groups in total. The summed E-state index contributed by atoms with van der Waals surface area (Å²) in [6, 6.07) is 20.4. The molecule has 0 amide bonds. The minimum absolute atomic E-state index is 0.317. The van der Waals surface area contributed by atoms with Gasteiger partial charge in [-0.2, -0.15) is 0 Å². The van der Waals surface area contributed by atoms with Crippen LogP contribution in [0.15, 0.2) is 66.7 Å². The van der Waals surface area contributed by atoms with Crippen molar-refractivity contribution in [2.45, 2.75) is 52.2 Å². The average Bonchev–Trinajstić information content (AvgIpc) is 2.89. The fourth-order valence-corrected chi connectivity index (χ4v) is 4.51. The molecule has 2 aliphatic heterocycles. The third-order valence-electron chi connectivity index (χ3n) is 6.47. The number of hydrogen-bond donors (Lipinski definition) is 0. The van der Waals surface area contributed by atoms with Crippen molar-refractivity contribution in [2.24, 2.45) is 0 Å². The highest BCUT2D eigenvalue weighted by Crippen LogP contribution is 2.43. The largest absolute Gasteiger partial charge is 0.493 e. The Balaban J connectivity index is 1.44. The first-order valence-electron chi connectivity index (χ1n) is 12.8. The lowest BCUT2D eigenvalue weighted by atomic mass is 9.95. The van der Waals surface area contributed by atoms with E-state index in [1.54, 1.807) is 0 Å². The summed E-state index contributed by atoms with van der Waals surface area (Å²) in [7, 11) is 0. The molecule has 0 bridgehead atoms. The molecular weight excluding hydrogens is 448 g/mol. The fourth-order valence-electron chi connectivity index (χ4n) is 4.51. The van der Waals surface area contributed by atoms with Gasteiger partial charge in [0.05, 0.1) is 12.2 Å². The van der Waals surface area contributed by atoms with Crippen molar-refractivity contribution in [3.05, 3.63) is 89.0 Å². The molecule has 0 aliphatic carbocycles. The molecule has 0 radical (unpaired) electrons. The molecule has 0 saturated heterocycles. The second-order valence-electron chi connectivity index (χ2n) is 9.88. The van der Waals surface area contributed by atoms with Crippen molar-refractivity contribution in [1.29, 1.82) is 0 Å². The van der Waals surface area contributed by atoms with Gasteiger partial charge in [0.25, 0.3) is 0 Å². The Hall–Kier alpha value is -3.66. The second kappa shape index (κ2) is 10.5. The minimum Gasteiger partial charge on any atom is -0.493 e. The summed E-state index contributed by atoms with van der Waals surface area (Å²) in [4.78, 5) is 0. The molecule has 4 heteroatoms. The van der Waals surface area contributed by atoms with E-state index in [-0.39, 0.29) is 5.60 Å². The first kappa shape index (κ1) is 24.1. The van der Waals surface area contributed by atoms with Gasteiger partial charge in [0, 0.05) is 22.8 Å². The number of rotatable bonds is 9. The van der Waals surface area contributed by atoms with Crippen LogP contribution in [0, 0.1) is 0 Å². The van der Waals surface area contributed by atoms with E-state index in [9.17, 15) is 0 Å². The van der Waals surface area contributed by atoms with E-state index in [1.807, 2.05) is 36.4 Å². The van der Waals surface area contributed by atoms with Gasteiger partial charge < -0.3 is 18.9 Å². The van der Waals surface area contributed by atoms with Crippen LogP contribution >= 0.6 is 0 Å². The van der Waals surface area contributed by atoms with Gasteiger partial charge in [-0.3, -0.25) is 0 Å². The van der Waals surface area contributed by atoms with E-state index in [2.05, 4.69) is 63.3 Å². The van der Waals surface area contributed by atoms with Crippen molar-refractivity contribution in [1.82, 2.24) is 0 Å². The summed E-state index contributed by atoms with van der Waals surface area (Å²) in [5.41, 5.74) is 4.93. The van der Waals surface area contributed by atoms with E-state index in [1.165, 1.54) is 12.8 Å². The van der Waals surface area contributed by atoms with Crippen LogP contribution in [0.25, 0.3) is 17.7 Å². The lowest BCUT2D eigenvalue weighted by Crippen LogP contribution is -2.27. The quantitative estimate of drug-likeness (QED) is 0.290. The molecular formula is C32H34O4. The van der Waals surface area contributed by atoms with Crippen molar-refractivity contribution in [2.75, 3.05) is 13.2 Å². The zero-order chi connectivity index (χ0) is 25.0. The SMILES string of the molecule is CCCCCOc1ccc(C2=Cc3ccc4c(c3OC2)C=CC(C)(C)O4)c(OCc2ccccc2)c1. The Morgan fingerprint density at radius 2 is 1.81 bits per heavy atom. The fraction of sp³-hybridized carbons (Fsp3) is 0.312. The van der Waals surface area contributed by atoms with Crippen LogP contribution in [-0.4, -0.2) is 18.8 Å². The summed E-state index contributed by atoms with van der Waals surface area (Å²) >= 11 is 0. The summed E-state index contributed by atoms with van der Waals surface area (Å²) in [5.74, 6) is 3.35. The molecule has 36 heavy (non-hydrogen) atoms. The zero-order valence-electron chi connectivity index (χ0n) is 21.4. The highest BCUT2D eigenvalue weighted by Gasteiger charge is 2.27. The predicted molar refractivity (Wildman–Crippen MR) is 146 cm³/mol. The minimum atomic E-state index is -0.317. The molecule has 0 saturated carbocycles. The monoisotopic (exact) mass is 482 g/mol. The molecule has 186 valence electrons. The highest BCUT2D eigenvalue weighted by atomic mass is 16.5. The van der Waals surface area contributed by atoms with Gasteiger partial charge in [-0.15, -0.1) is 0 Å². The first-order chi connectivity index (χ1) is 17.5. The van der Waals surface area contributed by atoms with Gasteiger partial charge in [0.2, 0.25) is 0 Å². The van der Waals surface area contributed by atoms with E-state index in [4.69, 9.17) is 18.9 Å². The van der Waals surface area contributed by atoms with Crippen molar-refractivity contribution >= 4 is 17.7 Å². The predicted octanol–water partition coefficient (Wildman–Crippen LogP) is 7.95. The summed E-state index contributed by atoms with van der Waals surface area (Å²) in [6.45, 7) is 7.96. The Bertz CT molecular complexity index is 1270. The average molecular weight is 483 g/mol. The van der Waals surface area contributed by atoms with Crippen LogP contribution in [-0.2, 0) is 6.61 Å². The first-order valence-corrected chi connectivity index (χ1v) is 12.8. The third-order valence-corrected chi connectivity index (χ3v) is 6.47. The molecule has 3 aromatic rings. The van der Waals surface area contributed by atoms with Crippen LogP contribution in [0.1, 0.15) is 62.3 Å². The van der Waals surface area contributed by atoms with Crippen molar-refractivity contribution in [3.63, 3.8) is 0 Å². The molecule has 2 heterocycles. The van der Waals surface area contributed by atoms with Crippen LogP contribution < -0.4 is 18.9 Å². The van der Waals surface area contributed by atoms with Crippen LogP contribution in [0.4, 0.5) is 0 Å². The molecule has 2 aliphatic rings. The normalized spacial score (nSPS) is 15.1. The summed E-state index contributed by atoms with van der Waals surface area (Å²) in [5, 5.41) is 0. The Morgan fingerprint density at radius 1 is 0.944 bits per heavy atom. The second-order valence-corrected chi connectivity index (χ2v) is 9.88. The van der Waals surface area contributed by atoms with Crippen molar-refractivity contribution < 1.29 is 18.9 Å². The number of unbranched alkanes of at least 4 members (excludes halogenated alkanes) is 2. The standard InChI is InChI=1S/C32H34O4/c1-4-5-9-18-33-26-13-14-27(30(20-26)34-21-23-10-7-6-8-11-23)25-19-24-12-15-29-28(31(24)35-22-25)16-17-32(2,3)36-29/h6-8,10-17,19-20H,4-5,9,18,21-22H2,1-3H3. The molecule has 5 rings (SSSR count). The van der Waals surface area contributed by atoms with E-state index >= 15 is 0 Å². The van der Waals surface area contributed by atoms with E-state index < -0.39 is 0 Å². The highest BCUT2D eigenvalue weighted by molar-refractivity contribution is 5.90. The summed E-state index contributed by atoms with van der Waals surface area (Å²) in [6.07, 6.45) is 9.77. The Labute approximate surface area is 214 Å². The molecule has 0 fully saturated rings. The number of benzene rings is 3. The van der Waals surface area contributed by atoms with Gasteiger partial charge in [0.15, 0.2) is 0 Å². The maximum Gasteiger partial charge on any atom is 0.137 e. The number of ether oxygens (including phenoxy) is 4. The topological polar surface area (TPSA) is 36.9 Å². The molecule has 3 aromatic carbocycles. The maximum atomic E-state index is 6.34. The van der Waals surface area contributed by atoms with Crippen LogP contribution in [0.5, 0.6) is 23.0 Å². The van der Waals surface area contributed by atoms with Crippen LogP contribution in [0.3, 0.4) is 0 Å². The summed E-state index contributed by atoms with van der Waals surface area (Å²) < 4.78 is 24.8. The number of hydrogen-bond acceptors (Lipinski definition) is 4. The van der Waals surface area contributed by atoms with Gasteiger partial charge in [-0.05, 0) is 68.3 Å². The zero-order valence-corrected chi connectivity index (χ0v) is 21.4. The van der Waals surface area contributed by atoms with E-state index in [0.29, 0.717) is 19.8 Å². The number of fused-ring (bicyclic) bond motifs is 3. The Kier molecular flexibility index (Phi) is 7.04. The van der Waals surface area contributed by atoms with Gasteiger partial charge >= 0.3 is 0 Å². The van der Waals surface area contributed by atoms with Crippen LogP contribution in [0.2, 0.25) is 0 Å². The lowest BCUT2D eigenvalue weighted by molar-refractivity contribution is 0.158. The molecule has 0 unspecified atom stereocenters. The lowest BCUT2D eigenvalue weighted by Gasteiger charge is -2.30. The third kappa shape index (κ3) is 5.43. The van der Waals surface area contributed by atoms with E-state index in [0.717, 1.165) is 57.2 Å². The molecule has 0 aromatic heterocycles. The van der Waals surface area contributed by atoms with Gasteiger partial charge in [-0.25, -0.2) is 0 Å². The smallest absolute Gasteiger partial charge is 0.137 e. The molecule has 0 atom stereocenters. The van der Waals surface area contributed by atoms with Crippen molar-refractivity contribution in [3.8, 4) is 23.0 Å². The molecule has 4 nitrogen and oxygen atoms in total. The van der Waals surface area contributed by atoms with Gasteiger partial charge in [-0.1, -0.05) is 50.1 Å². The molecule has 0 spiro atoms.